The quantitative estimate of drug-likeness (QED) is 0.568. The van der Waals surface area contributed by atoms with Crippen LogP contribution in [0, 0.1) is 11.8 Å². The minimum atomic E-state index is -1.92. The van der Waals surface area contributed by atoms with Gasteiger partial charge in [-0.25, -0.2) is 0 Å². The van der Waals surface area contributed by atoms with Gasteiger partial charge in [-0.1, -0.05) is 27.7 Å². The standard InChI is InChI=1S/C13H30O2Si/c1-7-14-16(15-8-2,11-13(5)6)10-9-12(3)4/h12-13H,7-11H2,1-6H3. The average molecular weight is 246 g/mol. The molecule has 0 saturated carbocycles. The lowest BCUT2D eigenvalue weighted by molar-refractivity contribution is 0.176. The van der Waals surface area contributed by atoms with Crippen LogP contribution in [0.1, 0.15) is 48.0 Å². The minimum Gasteiger partial charge on any atom is -0.394 e. The van der Waals surface area contributed by atoms with Gasteiger partial charge < -0.3 is 8.85 Å². The van der Waals surface area contributed by atoms with Gasteiger partial charge in [-0.15, -0.1) is 0 Å². The van der Waals surface area contributed by atoms with E-state index < -0.39 is 8.56 Å². The number of rotatable bonds is 9. The zero-order valence-corrected chi connectivity index (χ0v) is 13.0. The third-order valence-corrected chi connectivity index (χ3v) is 6.76. The van der Waals surface area contributed by atoms with Crippen LogP contribution in [0.25, 0.3) is 0 Å². The molecule has 0 aromatic carbocycles. The van der Waals surface area contributed by atoms with Crippen LogP contribution in [-0.4, -0.2) is 21.8 Å². The van der Waals surface area contributed by atoms with E-state index in [4.69, 9.17) is 8.85 Å². The summed E-state index contributed by atoms with van der Waals surface area (Å²) >= 11 is 0. The minimum absolute atomic E-state index is 0.664. The third-order valence-electron chi connectivity index (χ3n) is 2.64. The highest BCUT2D eigenvalue weighted by atomic mass is 28.4. The maximum atomic E-state index is 6.05. The smallest absolute Gasteiger partial charge is 0.338 e. The molecule has 98 valence electrons. The van der Waals surface area contributed by atoms with Crippen molar-refractivity contribution in [1.82, 2.24) is 0 Å². The number of hydrogen-bond donors (Lipinski definition) is 0. The zero-order chi connectivity index (χ0) is 12.6. The summed E-state index contributed by atoms with van der Waals surface area (Å²) in [6.45, 7) is 14.8. The Morgan fingerprint density at radius 3 is 1.69 bits per heavy atom. The summed E-state index contributed by atoms with van der Waals surface area (Å²) in [5.74, 6) is 1.40. The molecule has 0 heterocycles. The van der Waals surface area contributed by atoms with Gasteiger partial charge in [0, 0.05) is 13.2 Å². The van der Waals surface area contributed by atoms with E-state index in [1.165, 1.54) is 6.42 Å². The van der Waals surface area contributed by atoms with Crippen LogP contribution in [0.15, 0.2) is 0 Å². The number of hydrogen-bond acceptors (Lipinski definition) is 2. The van der Waals surface area contributed by atoms with Gasteiger partial charge in [-0.05, 0) is 44.2 Å². The van der Waals surface area contributed by atoms with Crippen molar-refractivity contribution in [2.24, 2.45) is 11.8 Å². The van der Waals surface area contributed by atoms with Gasteiger partial charge >= 0.3 is 8.56 Å². The molecule has 0 unspecified atom stereocenters. The van der Waals surface area contributed by atoms with Gasteiger partial charge in [0.15, 0.2) is 0 Å². The summed E-state index contributed by atoms with van der Waals surface area (Å²) in [5, 5.41) is 0. The maximum absolute atomic E-state index is 6.05. The topological polar surface area (TPSA) is 18.5 Å². The summed E-state index contributed by atoms with van der Waals surface area (Å²) in [5.41, 5.74) is 0. The fraction of sp³-hybridized carbons (Fsp3) is 1.00. The van der Waals surface area contributed by atoms with E-state index in [9.17, 15) is 0 Å². The van der Waals surface area contributed by atoms with Crippen molar-refractivity contribution >= 4 is 8.56 Å². The van der Waals surface area contributed by atoms with Crippen molar-refractivity contribution in [1.29, 1.82) is 0 Å². The molecule has 0 saturated heterocycles. The molecule has 0 spiro atoms. The first kappa shape index (κ1) is 16.1. The van der Waals surface area contributed by atoms with Crippen molar-refractivity contribution in [3.05, 3.63) is 0 Å². The first-order valence-electron chi connectivity index (χ1n) is 6.73. The van der Waals surface area contributed by atoms with E-state index in [0.717, 1.165) is 31.2 Å². The largest absolute Gasteiger partial charge is 0.394 e. The summed E-state index contributed by atoms with van der Waals surface area (Å²) in [6, 6.07) is 2.27. The van der Waals surface area contributed by atoms with E-state index in [1.54, 1.807) is 0 Å². The molecule has 0 bridgehead atoms. The molecule has 0 aliphatic carbocycles. The van der Waals surface area contributed by atoms with Crippen LogP contribution in [0.2, 0.25) is 12.1 Å². The van der Waals surface area contributed by atoms with Crippen LogP contribution < -0.4 is 0 Å². The SMILES string of the molecule is CCO[Si](CCC(C)C)(CC(C)C)OCC. The average Bonchev–Trinajstić information content (AvgIpc) is 2.14. The Balaban J connectivity index is 4.49. The maximum Gasteiger partial charge on any atom is 0.338 e. The monoisotopic (exact) mass is 246 g/mol. The fourth-order valence-corrected chi connectivity index (χ4v) is 6.19. The summed E-state index contributed by atoms with van der Waals surface area (Å²) in [7, 11) is -1.92. The predicted octanol–water partition coefficient (Wildman–Crippen LogP) is 4.20. The molecule has 0 N–H and O–H groups in total. The molecule has 16 heavy (non-hydrogen) atoms. The molecule has 0 aromatic rings. The van der Waals surface area contributed by atoms with Crippen LogP contribution >= 0.6 is 0 Å². The fourth-order valence-electron chi connectivity index (χ4n) is 2.06. The van der Waals surface area contributed by atoms with E-state index in [-0.39, 0.29) is 0 Å². The second kappa shape index (κ2) is 8.26. The molecule has 0 atom stereocenters. The molecule has 0 rings (SSSR count). The molecule has 2 nitrogen and oxygen atoms in total. The second-order valence-electron chi connectivity index (χ2n) is 5.31. The Morgan fingerprint density at radius 1 is 0.875 bits per heavy atom. The van der Waals surface area contributed by atoms with Gasteiger partial charge in [0.25, 0.3) is 0 Å². The second-order valence-corrected chi connectivity index (χ2v) is 8.61. The highest BCUT2D eigenvalue weighted by molar-refractivity contribution is 6.67. The van der Waals surface area contributed by atoms with Crippen molar-refractivity contribution < 1.29 is 8.85 Å². The van der Waals surface area contributed by atoms with Crippen molar-refractivity contribution in [2.75, 3.05) is 13.2 Å². The summed E-state index contributed by atoms with van der Waals surface area (Å²) in [6.07, 6.45) is 1.22. The molecule has 3 heteroatoms. The third kappa shape index (κ3) is 6.66. The van der Waals surface area contributed by atoms with Crippen LogP contribution in [0.3, 0.4) is 0 Å². The van der Waals surface area contributed by atoms with Gasteiger partial charge in [-0.3, -0.25) is 0 Å². The van der Waals surface area contributed by atoms with E-state index in [2.05, 4.69) is 41.5 Å². The molecule has 0 amide bonds. The zero-order valence-electron chi connectivity index (χ0n) is 12.0. The Kier molecular flexibility index (Phi) is 8.33. The highest BCUT2D eigenvalue weighted by Crippen LogP contribution is 2.27. The van der Waals surface area contributed by atoms with Gasteiger partial charge in [0.2, 0.25) is 0 Å². The van der Waals surface area contributed by atoms with E-state index in [0.29, 0.717) is 5.92 Å². The van der Waals surface area contributed by atoms with Crippen LogP contribution in [0.4, 0.5) is 0 Å². The Labute approximate surface area is 103 Å². The first-order chi connectivity index (χ1) is 7.45. The lowest BCUT2D eigenvalue weighted by Crippen LogP contribution is -2.43. The molecular formula is C13H30O2Si. The summed E-state index contributed by atoms with van der Waals surface area (Å²) < 4.78 is 12.1. The highest BCUT2D eigenvalue weighted by Gasteiger charge is 2.37. The van der Waals surface area contributed by atoms with Crippen LogP contribution in [-0.2, 0) is 8.85 Å². The normalized spacial score (nSPS) is 12.8. The lowest BCUT2D eigenvalue weighted by Gasteiger charge is -2.32. The molecule has 0 aromatic heterocycles. The first-order valence-corrected chi connectivity index (χ1v) is 8.96. The summed E-state index contributed by atoms with van der Waals surface area (Å²) in [4.78, 5) is 0. The van der Waals surface area contributed by atoms with Crippen molar-refractivity contribution in [3.8, 4) is 0 Å². The van der Waals surface area contributed by atoms with E-state index >= 15 is 0 Å². The van der Waals surface area contributed by atoms with Gasteiger partial charge in [-0.2, -0.15) is 0 Å². The predicted molar refractivity (Wildman–Crippen MR) is 72.9 cm³/mol. The van der Waals surface area contributed by atoms with Gasteiger partial charge in [0.1, 0.15) is 0 Å². The Morgan fingerprint density at radius 2 is 1.38 bits per heavy atom. The van der Waals surface area contributed by atoms with Gasteiger partial charge in [0.05, 0.1) is 0 Å². The molecule has 0 fully saturated rings. The van der Waals surface area contributed by atoms with Crippen LogP contribution in [0.5, 0.6) is 0 Å². The Hall–Kier alpha value is 0.137. The molecular weight excluding hydrogens is 216 g/mol. The lowest BCUT2D eigenvalue weighted by atomic mass is 10.2. The van der Waals surface area contributed by atoms with E-state index in [1.807, 2.05) is 0 Å². The molecule has 0 aliphatic heterocycles. The van der Waals surface area contributed by atoms with Crippen molar-refractivity contribution in [3.63, 3.8) is 0 Å². The van der Waals surface area contributed by atoms with Crippen molar-refractivity contribution in [2.45, 2.75) is 60.1 Å². The Bertz CT molecular complexity index is 163. The molecule has 0 aliphatic rings. The molecule has 0 radical (unpaired) electrons.